The zero-order chi connectivity index (χ0) is 22.0. The highest BCUT2D eigenvalue weighted by Crippen LogP contribution is 2.26. The first kappa shape index (κ1) is 21.1. The number of hydrogen-bond donors (Lipinski definition) is 1. The molecule has 1 aromatic heterocycles. The number of piperazine rings is 1. The fourth-order valence-corrected chi connectivity index (χ4v) is 4.07. The molecule has 4 rings (SSSR count). The van der Waals surface area contributed by atoms with Gasteiger partial charge in [0.1, 0.15) is 17.2 Å². The zero-order valence-corrected chi connectivity index (χ0v) is 18.2. The van der Waals surface area contributed by atoms with Crippen LogP contribution in [-0.2, 0) is 11.2 Å². The molecule has 0 bridgehead atoms. The summed E-state index contributed by atoms with van der Waals surface area (Å²) in [5.74, 6) is 1.28. The SMILES string of the molecule is COc1ccc2[nH]c(C(=O)N3CCN(C(=O)Cc4ccc(OC)c(Cl)c4)CC3)cc2c1. The third-order valence-electron chi connectivity index (χ3n) is 5.55. The van der Waals surface area contributed by atoms with Crippen molar-refractivity contribution in [2.24, 2.45) is 0 Å². The molecule has 1 saturated heterocycles. The molecule has 0 atom stereocenters. The third-order valence-corrected chi connectivity index (χ3v) is 5.84. The van der Waals surface area contributed by atoms with Crippen molar-refractivity contribution in [1.82, 2.24) is 14.8 Å². The Labute approximate surface area is 185 Å². The fourth-order valence-electron chi connectivity index (χ4n) is 3.79. The monoisotopic (exact) mass is 441 g/mol. The van der Waals surface area contributed by atoms with E-state index >= 15 is 0 Å². The van der Waals surface area contributed by atoms with Gasteiger partial charge in [0, 0.05) is 37.1 Å². The molecule has 2 aromatic carbocycles. The summed E-state index contributed by atoms with van der Waals surface area (Å²) in [4.78, 5) is 32.3. The summed E-state index contributed by atoms with van der Waals surface area (Å²) >= 11 is 6.15. The molecule has 1 fully saturated rings. The summed E-state index contributed by atoms with van der Waals surface area (Å²) in [6.45, 7) is 1.99. The number of amides is 2. The molecule has 2 amide bonds. The largest absolute Gasteiger partial charge is 0.497 e. The molecule has 0 radical (unpaired) electrons. The number of nitrogens with one attached hydrogen (secondary N) is 1. The van der Waals surface area contributed by atoms with E-state index in [1.807, 2.05) is 30.3 Å². The molecule has 1 aliphatic rings. The topological polar surface area (TPSA) is 74.9 Å². The number of nitrogens with zero attached hydrogens (tertiary/aromatic N) is 2. The highest BCUT2D eigenvalue weighted by molar-refractivity contribution is 6.32. The molecule has 8 heteroatoms. The molecule has 0 saturated carbocycles. The van der Waals surface area contributed by atoms with E-state index in [1.54, 1.807) is 36.2 Å². The van der Waals surface area contributed by atoms with Gasteiger partial charge in [-0.05, 0) is 42.0 Å². The van der Waals surface area contributed by atoms with Gasteiger partial charge in [0.15, 0.2) is 0 Å². The first-order chi connectivity index (χ1) is 15.0. The van der Waals surface area contributed by atoms with Crippen LogP contribution in [0.25, 0.3) is 10.9 Å². The zero-order valence-electron chi connectivity index (χ0n) is 17.5. The number of hydrogen-bond acceptors (Lipinski definition) is 4. The quantitative estimate of drug-likeness (QED) is 0.658. The van der Waals surface area contributed by atoms with E-state index in [0.29, 0.717) is 42.6 Å². The van der Waals surface area contributed by atoms with Crippen LogP contribution in [0.3, 0.4) is 0 Å². The van der Waals surface area contributed by atoms with Crippen LogP contribution >= 0.6 is 11.6 Å². The van der Waals surface area contributed by atoms with Crippen LogP contribution in [0, 0.1) is 0 Å². The van der Waals surface area contributed by atoms with Gasteiger partial charge >= 0.3 is 0 Å². The number of H-pyrrole nitrogens is 1. The molecule has 0 spiro atoms. The van der Waals surface area contributed by atoms with Gasteiger partial charge in [-0.1, -0.05) is 17.7 Å². The number of halogens is 1. The van der Waals surface area contributed by atoms with E-state index in [9.17, 15) is 9.59 Å². The summed E-state index contributed by atoms with van der Waals surface area (Å²) in [5, 5.41) is 1.41. The van der Waals surface area contributed by atoms with E-state index in [4.69, 9.17) is 21.1 Å². The van der Waals surface area contributed by atoms with Crippen molar-refractivity contribution in [3.8, 4) is 11.5 Å². The second-order valence-corrected chi connectivity index (χ2v) is 7.86. The first-order valence-electron chi connectivity index (χ1n) is 10.0. The first-order valence-corrected chi connectivity index (χ1v) is 10.4. The van der Waals surface area contributed by atoms with E-state index in [1.165, 1.54) is 0 Å². The maximum absolute atomic E-state index is 12.9. The number of benzene rings is 2. The van der Waals surface area contributed by atoms with Gasteiger partial charge in [-0.25, -0.2) is 0 Å². The summed E-state index contributed by atoms with van der Waals surface area (Å²) in [7, 11) is 3.17. The maximum atomic E-state index is 12.9. The van der Waals surface area contributed by atoms with Crippen molar-refractivity contribution in [3.63, 3.8) is 0 Å². The molecule has 0 unspecified atom stereocenters. The van der Waals surface area contributed by atoms with Crippen LogP contribution in [0.1, 0.15) is 16.1 Å². The molecule has 7 nitrogen and oxygen atoms in total. The van der Waals surface area contributed by atoms with Gasteiger partial charge in [-0.2, -0.15) is 0 Å². The van der Waals surface area contributed by atoms with E-state index in [2.05, 4.69) is 4.98 Å². The molecule has 162 valence electrons. The number of aromatic amines is 1. The smallest absolute Gasteiger partial charge is 0.270 e. The molecular weight excluding hydrogens is 418 g/mol. The standard InChI is InChI=1S/C23H24ClN3O4/c1-30-17-4-5-19-16(13-17)14-20(25-19)23(29)27-9-7-26(8-10-27)22(28)12-15-3-6-21(31-2)18(24)11-15/h3-6,11,13-14,25H,7-10,12H2,1-2H3. The molecule has 2 heterocycles. The Hall–Kier alpha value is -3.19. The van der Waals surface area contributed by atoms with E-state index in [-0.39, 0.29) is 18.2 Å². The fraction of sp³-hybridized carbons (Fsp3) is 0.304. The molecule has 3 aromatic rings. The number of ether oxygens (including phenoxy) is 2. The Kier molecular flexibility index (Phi) is 6.04. The van der Waals surface area contributed by atoms with Gasteiger partial charge < -0.3 is 24.3 Å². The Balaban J connectivity index is 1.36. The maximum Gasteiger partial charge on any atom is 0.270 e. The van der Waals surface area contributed by atoms with Gasteiger partial charge in [-0.3, -0.25) is 9.59 Å². The van der Waals surface area contributed by atoms with Crippen molar-refractivity contribution in [2.75, 3.05) is 40.4 Å². The molecule has 1 N–H and O–H groups in total. The predicted octanol–water partition coefficient (Wildman–Crippen LogP) is 3.37. The lowest BCUT2D eigenvalue weighted by Gasteiger charge is -2.34. The summed E-state index contributed by atoms with van der Waals surface area (Å²) in [6, 6.07) is 12.8. The second kappa shape index (κ2) is 8.89. The Morgan fingerprint density at radius 2 is 1.71 bits per heavy atom. The van der Waals surface area contributed by atoms with Crippen LogP contribution in [-0.4, -0.2) is 67.0 Å². The minimum Gasteiger partial charge on any atom is -0.497 e. The van der Waals surface area contributed by atoms with Crippen molar-refractivity contribution < 1.29 is 19.1 Å². The van der Waals surface area contributed by atoms with Crippen molar-refractivity contribution in [3.05, 3.63) is 58.7 Å². The number of fused-ring (bicyclic) bond motifs is 1. The Bertz CT molecular complexity index is 1120. The van der Waals surface area contributed by atoms with Crippen LogP contribution in [0.5, 0.6) is 11.5 Å². The van der Waals surface area contributed by atoms with Gasteiger partial charge in [0.25, 0.3) is 5.91 Å². The number of aromatic nitrogens is 1. The lowest BCUT2D eigenvalue weighted by atomic mass is 10.1. The van der Waals surface area contributed by atoms with E-state index < -0.39 is 0 Å². The number of carbonyl (C=O) groups is 2. The highest BCUT2D eigenvalue weighted by Gasteiger charge is 2.26. The lowest BCUT2D eigenvalue weighted by molar-refractivity contribution is -0.131. The molecule has 0 aliphatic carbocycles. The molecular formula is C23H24ClN3O4. The van der Waals surface area contributed by atoms with Crippen molar-refractivity contribution in [2.45, 2.75) is 6.42 Å². The molecule has 1 aliphatic heterocycles. The van der Waals surface area contributed by atoms with Gasteiger partial charge in [0.2, 0.25) is 5.91 Å². The summed E-state index contributed by atoms with van der Waals surface area (Å²) in [6.07, 6.45) is 0.265. The van der Waals surface area contributed by atoms with Crippen LogP contribution in [0.2, 0.25) is 5.02 Å². The molecule has 31 heavy (non-hydrogen) atoms. The van der Waals surface area contributed by atoms with Crippen LogP contribution in [0.15, 0.2) is 42.5 Å². The van der Waals surface area contributed by atoms with Gasteiger partial charge in [0.05, 0.1) is 25.7 Å². The van der Waals surface area contributed by atoms with E-state index in [0.717, 1.165) is 22.2 Å². The Morgan fingerprint density at radius 3 is 2.39 bits per heavy atom. The normalized spacial score (nSPS) is 14.0. The Morgan fingerprint density at radius 1 is 0.968 bits per heavy atom. The summed E-state index contributed by atoms with van der Waals surface area (Å²) in [5.41, 5.74) is 2.26. The van der Waals surface area contributed by atoms with Crippen molar-refractivity contribution in [1.29, 1.82) is 0 Å². The minimum absolute atomic E-state index is 0.0195. The predicted molar refractivity (Wildman–Crippen MR) is 119 cm³/mol. The van der Waals surface area contributed by atoms with Crippen LogP contribution < -0.4 is 9.47 Å². The van der Waals surface area contributed by atoms with Crippen molar-refractivity contribution >= 4 is 34.3 Å². The third kappa shape index (κ3) is 4.46. The summed E-state index contributed by atoms with van der Waals surface area (Å²) < 4.78 is 10.4. The minimum atomic E-state index is -0.0656. The van der Waals surface area contributed by atoms with Gasteiger partial charge in [-0.15, -0.1) is 0 Å². The van der Waals surface area contributed by atoms with Crippen LogP contribution in [0.4, 0.5) is 0 Å². The highest BCUT2D eigenvalue weighted by atomic mass is 35.5. The average Bonchev–Trinajstić information content (AvgIpc) is 3.22. The second-order valence-electron chi connectivity index (χ2n) is 7.45. The number of methoxy groups -OCH3 is 2. The number of carbonyl (C=O) groups excluding carboxylic acids is 2. The lowest BCUT2D eigenvalue weighted by Crippen LogP contribution is -2.51. The average molecular weight is 442 g/mol. The number of rotatable bonds is 5.